The Morgan fingerprint density at radius 3 is 2.12 bits per heavy atom. The molecule has 0 radical (unpaired) electrons. The van der Waals surface area contributed by atoms with E-state index in [1.54, 1.807) is 12.1 Å². The monoisotopic (exact) mass is 222 g/mol. The smallest absolute Gasteiger partial charge is 0.123 e. The first kappa shape index (κ1) is 10.2. The van der Waals surface area contributed by atoms with Crippen molar-refractivity contribution in [3.8, 4) is 0 Å². The Balaban J connectivity index is 1.95. The molecule has 0 aromatic heterocycles. The maximum absolute atomic E-state index is 14.0. The molecule has 4 rings (SSSR count). The molecule has 0 aliphatic heterocycles. The molecule has 86 valence electrons. The fourth-order valence-electron chi connectivity index (χ4n) is 3.39. The second-order valence-corrected chi connectivity index (χ2v) is 5.44. The Labute approximate surface area is 94.7 Å². The van der Waals surface area contributed by atoms with Crippen molar-refractivity contribution in [3.63, 3.8) is 0 Å². The molecule has 0 amide bonds. The molecule has 0 unspecified atom stereocenters. The summed E-state index contributed by atoms with van der Waals surface area (Å²) < 4.78 is 27.3. The minimum Gasteiger partial charge on any atom is -0.244 e. The average Bonchev–Trinajstić information content (AvgIpc) is 2.30. The molecule has 1 aromatic rings. The van der Waals surface area contributed by atoms with E-state index >= 15 is 0 Å². The third-order valence-corrected chi connectivity index (χ3v) is 4.59. The maximum Gasteiger partial charge on any atom is 0.123 e. The van der Waals surface area contributed by atoms with Crippen LogP contribution in [0.25, 0.3) is 0 Å². The second kappa shape index (κ2) is 3.28. The molecule has 0 N–H and O–H groups in total. The first-order valence-corrected chi connectivity index (χ1v) is 6.07. The van der Waals surface area contributed by atoms with Gasteiger partial charge in [0.1, 0.15) is 11.5 Å². The predicted molar refractivity (Wildman–Crippen MR) is 59.6 cm³/mol. The number of hydrogen-bond acceptors (Lipinski definition) is 0. The van der Waals surface area contributed by atoms with Crippen LogP contribution in [0.4, 0.5) is 8.78 Å². The minimum atomic E-state index is -0.908. The maximum atomic E-state index is 14.0. The lowest BCUT2D eigenvalue weighted by atomic mass is 9.57. The van der Waals surface area contributed by atoms with Gasteiger partial charge in [-0.25, -0.2) is 8.78 Å². The molecule has 0 heterocycles. The van der Waals surface area contributed by atoms with E-state index in [4.69, 9.17) is 0 Å². The Morgan fingerprint density at radius 2 is 1.56 bits per heavy atom. The largest absolute Gasteiger partial charge is 0.244 e. The summed E-state index contributed by atoms with van der Waals surface area (Å²) in [7, 11) is 0. The molecule has 0 saturated heterocycles. The van der Waals surface area contributed by atoms with Crippen LogP contribution >= 0.6 is 0 Å². The zero-order chi connectivity index (χ0) is 11.2. The van der Waals surface area contributed by atoms with Gasteiger partial charge in [0, 0.05) is 0 Å². The molecule has 0 spiro atoms. The van der Waals surface area contributed by atoms with Crippen molar-refractivity contribution in [1.29, 1.82) is 0 Å². The van der Waals surface area contributed by atoms with Gasteiger partial charge in [-0.1, -0.05) is 12.1 Å². The molecule has 3 aliphatic carbocycles. The quantitative estimate of drug-likeness (QED) is 0.670. The summed E-state index contributed by atoms with van der Waals surface area (Å²) in [5.41, 5.74) is 0.236. The molecule has 2 bridgehead atoms. The normalized spacial score (nSPS) is 37.6. The van der Waals surface area contributed by atoms with Crippen molar-refractivity contribution in [2.75, 3.05) is 0 Å². The Bertz CT molecular complexity index is 386. The third kappa shape index (κ3) is 1.47. The molecule has 16 heavy (non-hydrogen) atoms. The van der Waals surface area contributed by atoms with Crippen LogP contribution < -0.4 is 0 Å². The minimum absolute atomic E-state index is 0.0654. The third-order valence-electron chi connectivity index (χ3n) is 4.59. The van der Waals surface area contributed by atoms with Crippen molar-refractivity contribution in [2.24, 2.45) is 0 Å². The van der Waals surface area contributed by atoms with E-state index in [0.717, 1.165) is 24.8 Å². The summed E-state index contributed by atoms with van der Waals surface area (Å²) in [6.07, 6.45) is 4.61. The van der Waals surface area contributed by atoms with E-state index in [2.05, 4.69) is 0 Å². The van der Waals surface area contributed by atoms with E-state index < -0.39 is 5.67 Å². The lowest BCUT2D eigenvalue weighted by molar-refractivity contribution is 0.00343. The van der Waals surface area contributed by atoms with Gasteiger partial charge < -0.3 is 0 Å². The Morgan fingerprint density at radius 1 is 0.938 bits per heavy atom. The van der Waals surface area contributed by atoms with Gasteiger partial charge in [-0.2, -0.15) is 0 Å². The van der Waals surface area contributed by atoms with Gasteiger partial charge in [0.25, 0.3) is 0 Å². The number of halogens is 2. The average molecular weight is 222 g/mol. The fourth-order valence-corrected chi connectivity index (χ4v) is 3.39. The number of alkyl halides is 1. The summed E-state index contributed by atoms with van der Waals surface area (Å²) in [4.78, 5) is 0. The highest BCUT2D eigenvalue weighted by Crippen LogP contribution is 2.55. The van der Waals surface area contributed by atoms with Crippen LogP contribution in [0.2, 0.25) is 0 Å². The van der Waals surface area contributed by atoms with Gasteiger partial charge in [0.15, 0.2) is 0 Å². The highest BCUT2D eigenvalue weighted by atomic mass is 19.1. The van der Waals surface area contributed by atoms with Gasteiger partial charge in [0.2, 0.25) is 0 Å². The van der Waals surface area contributed by atoms with Crippen LogP contribution in [-0.2, 0) is 5.41 Å². The van der Waals surface area contributed by atoms with Gasteiger partial charge >= 0.3 is 0 Å². The van der Waals surface area contributed by atoms with Crippen molar-refractivity contribution in [1.82, 2.24) is 0 Å². The fraction of sp³-hybridized carbons (Fsp3) is 0.571. The predicted octanol–water partition coefficient (Wildman–Crippen LogP) is 4.14. The molecule has 3 fully saturated rings. The van der Waals surface area contributed by atoms with Gasteiger partial charge in [0.05, 0.1) is 0 Å². The summed E-state index contributed by atoms with van der Waals surface area (Å²) in [6, 6.07) is 6.88. The zero-order valence-corrected chi connectivity index (χ0v) is 9.31. The number of fused-ring (bicyclic) bond motifs is 3. The van der Waals surface area contributed by atoms with Crippen LogP contribution in [0.1, 0.15) is 44.1 Å². The molecular weight excluding hydrogens is 206 g/mol. The van der Waals surface area contributed by atoms with E-state index in [9.17, 15) is 8.78 Å². The van der Waals surface area contributed by atoms with E-state index in [1.807, 2.05) is 6.07 Å². The molecule has 3 saturated carbocycles. The van der Waals surface area contributed by atoms with Crippen LogP contribution in [-0.4, -0.2) is 5.67 Å². The highest BCUT2D eigenvalue weighted by molar-refractivity contribution is 5.29. The lowest BCUT2D eigenvalue weighted by Crippen LogP contribution is -2.45. The van der Waals surface area contributed by atoms with Crippen LogP contribution in [0.15, 0.2) is 24.3 Å². The summed E-state index contributed by atoms with van der Waals surface area (Å²) in [5, 5.41) is 0. The number of hydrogen-bond donors (Lipinski definition) is 0. The summed E-state index contributed by atoms with van der Waals surface area (Å²) >= 11 is 0. The standard InChI is InChI=1S/C14H16F2/c15-12-3-1-2-11(10-12)13-4-7-14(16,8-5-13)9-6-13/h1-3,10H,4-9H2. The topological polar surface area (TPSA) is 0 Å². The molecule has 3 aliphatic rings. The lowest BCUT2D eigenvalue weighted by Gasteiger charge is -2.50. The summed E-state index contributed by atoms with van der Waals surface area (Å²) in [5.74, 6) is -0.172. The highest BCUT2D eigenvalue weighted by Gasteiger charge is 2.49. The first-order valence-electron chi connectivity index (χ1n) is 6.07. The van der Waals surface area contributed by atoms with Crippen molar-refractivity contribution < 1.29 is 8.78 Å². The van der Waals surface area contributed by atoms with Crippen molar-refractivity contribution in [3.05, 3.63) is 35.6 Å². The molecule has 1 aromatic carbocycles. The second-order valence-electron chi connectivity index (χ2n) is 5.44. The zero-order valence-electron chi connectivity index (χ0n) is 9.31. The van der Waals surface area contributed by atoms with E-state index in [0.29, 0.717) is 19.3 Å². The SMILES string of the molecule is Fc1cccc(C23CCC(F)(CC2)CC3)c1. The Kier molecular flexibility index (Phi) is 2.10. The van der Waals surface area contributed by atoms with E-state index in [-0.39, 0.29) is 11.2 Å². The van der Waals surface area contributed by atoms with Gasteiger partial charge in [-0.15, -0.1) is 0 Å². The summed E-state index contributed by atoms with van der Waals surface area (Å²) in [6.45, 7) is 0. The van der Waals surface area contributed by atoms with Gasteiger partial charge in [-0.05, 0) is 61.6 Å². The number of benzene rings is 1. The van der Waals surface area contributed by atoms with Crippen molar-refractivity contribution >= 4 is 0 Å². The number of rotatable bonds is 1. The first-order chi connectivity index (χ1) is 7.62. The molecule has 0 atom stereocenters. The van der Waals surface area contributed by atoms with Crippen LogP contribution in [0.5, 0.6) is 0 Å². The molecular formula is C14H16F2. The Hall–Kier alpha value is -0.920. The van der Waals surface area contributed by atoms with Crippen LogP contribution in [0, 0.1) is 5.82 Å². The molecule has 0 nitrogen and oxygen atoms in total. The van der Waals surface area contributed by atoms with Crippen molar-refractivity contribution in [2.45, 2.75) is 49.6 Å². The van der Waals surface area contributed by atoms with E-state index in [1.165, 1.54) is 6.07 Å². The van der Waals surface area contributed by atoms with Crippen LogP contribution in [0.3, 0.4) is 0 Å². The van der Waals surface area contributed by atoms with Gasteiger partial charge in [-0.3, -0.25) is 0 Å². The molecule has 2 heteroatoms.